The zero-order valence-electron chi connectivity index (χ0n) is 12.5. The molecule has 1 aliphatic rings. The monoisotopic (exact) mass is 309 g/mol. The maximum Gasteiger partial charge on any atom is 0.410 e. The van der Waals surface area contributed by atoms with E-state index in [1.165, 1.54) is 12.0 Å². The quantitative estimate of drug-likeness (QED) is 0.833. The van der Waals surface area contributed by atoms with E-state index in [2.05, 4.69) is 4.74 Å². The summed E-state index contributed by atoms with van der Waals surface area (Å²) in [6.07, 6.45) is -1.25. The highest BCUT2D eigenvalue weighted by Gasteiger charge is 2.40. The number of aliphatic hydroxyl groups is 1. The van der Waals surface area contributed by atoms with Crippen LogP contribution in [0.15, 0.2) is 24.3 Å². The van der Waals surface area contributed by atoms with Gasteiger partial charge in [-0.25, -0.2) is 9.59 Å². The number of carbonyl (C=O) groups excluding carboxylic acids is 2. The number of esters is 1. The van der Waals surface area contributed by atoms with Crippen molar-refractivity contribution in [3.8, 4) is 5.75 Å². The second kappa shape index (κ2) is 7.13. The van der Waals surface area contributed by atoms with Gasteiger partial charge in [-0.1, -0.05) is 12.1 Å². The highest BCUT2D eigenvalue weighted by atomic mass is 16.6. The first-order chi connectivity index (χ1) is 10.5. The summed E-state index contributed by atoms with van der Waals surface area (Å²) in [7, 11) is 2.81. The minimum atomic E-state index is -0.802. The van der Waals surface area contributed by atoms with E-state index in [1.807, 2.05) is 0 Å². The van der Waals surface area contributed by atoms with Crippen molar-refractivity contribution in [2.45, 2.75) is 25.2 Å². The predicted octanol–water partition coefficient (Wildman–Crippen LogP) is 0.940. The van der Waals surface area contributed by atoms with Crippen LogP contribution in [0.1, 0.15) is 12.0 Å². The lowest BCUT2D eigenvalue weighted by Crippen LogP contribution is -2.41. The van der Waals surface area contributed by atoms with Crippen molar-refractivity contribution in [3.63, 3.8) is 0 Å². The van der Waals surface area contributed by atoms with Gasteiger partial charge in [0.05, 0.1) is 26.9 Å². The molecule has 1 fully saturated rings. The van der Waals surface area contributed by atoms with Gasteiger partial charge in [-0.3, -0.25) is 4.90 Å². The molecule has 0 radical (unpaired) electrons. The molecule has 1 saturated heterocycles. The third-order valence-electron chi connectivity index (χ3n) is 3.51. The Hall–Kier alpha value is -2.28. The summed E-state index contributed by atoms with van der Waals surface area (Å²) < 4.78 is 14.9. The van der Waals surface area contributed by atoms with E-state index >= 15 is 0 Å². The van der Waals surface area contributed by atoms with E-state index in [1.54, 1.807) is 31.4 Å². The number of rotatable bonds is 4. The van der Waals surface area contributed by atoms with Crippen LogP contribution in [0.5, 0.6) is 5.75 Å². The molecule has 120 valence electrons. The fraction of sp³-hybridized carbons (Fsp3) is 0.467. The van der Waals surface area contributed by atoms with Gasteiger partial charge in [0, 0.05) is 6.42 Å². The summed E-state index contributed by atoms with van der Waals surface area (Å²) in [6.45, 7) is 0.129. The van der Waals surface area contributed by atoms with Gasteiger partial charge < -0.3 is 19.3 Å². The Morgan fingerprint density at radius 2 is 1.95 bits per heavy atom. The molecule has 7 nitrogen and oxygen atoms in total. The molecular formula is C15H19NO6. The highest BCUT2D eigenvalue weighted by Crippen LogP contribution is 2.21. The topological polar surface area (TPSA) is 85.3 Å². The van der Waals surface area contributed by atoms with Gasteiger partial charge in [0.15, 0.2) is 0 Å². The Labute approximate surface area is 128 Å². The molecule has 2 rings (SSSR count). The van der Waals surface area contributed by atoms with Crippen molar-refractivity contribution in [1.29, 1.82) is 0 Å². The smallest absolute Gasteiger partial charge is 0.410 e. The lowest BCUT2D eigenvalue weighted by molar-refractivity contribution is -0.145. The van der Waals surface area contributed by atoms with Gasteiger partial charge in [-0.05, 0) is 17.7 Å². The number of aliphatic hydroxyl groups excluding tert-OH is 1. The molecule has 0 aliphatic carbocycles. The number of amides is 1. The van der Waals surface area contributed by atoms with Crippen LogP contribution in [0.2, 0.25) is 0 Å². The first kappa shape index (κ1) is 16.1. The predicted molar refractivity (Wildman–Crippen MR) is 76.3 cm³/mol. The second-order valence-corrected chi connectivity index (χ2v) is 4.98. The second-order valence-electron chi connectivity index (χ2n) is 4.98. The highest BCUT2D eigenvalue weighted by molar-refractivity contribution is 5.82. The molecule has 0 saturated carbocycles. The molecule has 2 atom stereocenters. The van der Waals surface area contributed by atoms with Crippen LogP contribution in [0.3, 0.4) is 0 Å². The fourth-order valence-electron chi connectivity index (χ4n) is 2.32. The molecule has 1 heterocycles. The Kier molecular flexibility index (Phi) is 5.21. The molecule has 0 bridgehead atoms. The van der Waals surface area contributed by atoms with Crippen LogP contribution in [-0.4, -0.2) is 55.0 Å². The number of benzene rings is 1. The van der Waals surface area contributed by atoms with Crippen LogP contribution in [0, 0.1) is 0 Å². The zero-order chi connectivity index (χ0) is 16.1. The van der Waals surface area contributed by atoms with Gasteiger partial charge in [0.25, 0.3) is 0 Å². The molecule has 0 aromatic heterocycles. The largest absolute Gasteiger partial charge is 0.497 e. The average Bonchev–Trinajstić information content (AvgIpc) is 2.94. The Bertz CT molecular complexity index is 529. The number of ether oxygens (including phenoxy) is 3. The van der Waals surface area contributed by atoms with E-state index in [9.17, 15) is 14.7 Å². The van der Waals surface area contributed by atoms with E-state index in [0.29, 0.717) is 5.75 Å². The summed E-state index contributed by atoms with van der Waals surface area (Å²) >= 11 is 0. The van der Waals surface area contributed by atoms with E-state index in [4.69, 9.17) is 9.47 Å². The van der Waals surface area contributed by atoms with Crippen LogP contribution in [0.4, 0.5) is 4.79 Å². The number of hydrogen-bond acceptors (Lipinski definition) is 6. The van der Waals surface area contributed by atoms with Crippen LogP contribution in [0.25, 0.3) is 0 Å². The Balaban J connectivity index is 1.94. The van der Waals surface area contributed by atoms with Gasteiger partial charge in [0.1, 0.15) is 18.4 Å². The number of nitrogens with zero attached hydrogens (tertiary/aromatic N) is 1. The lowest BCUT2D eigenvalue weighted by atomic mass is 10.2. The minimum absolute atomic E-state index is 0.0568. The average molecular weight is 309 g/mol. The molecule has 1 aromatic rings. The summed E-state index contributed by atoms with van der Waals surface area (Å²) in [5.41, 5.74) is 0.795. The molecule has 0 spiro atoms. The molecule has 1 unspecified atom stereocenters. The molecular weight excluding hydrogens is 290 g/mol. The van der Waals surface area contributed by atoms with E-state index < -0.39 is 24.2 Å². The maximum atomic E-state index is 12.1. The Morgan fingerprint density at radius 1 is 1.27 bits per heavy atom. The summed E-state index contributed by atoms with van der Waals surface area (Å²) in [5, 5.41) is 9.64. The molecule has 7 heteroatoms. The van der Waals surface area contributed by atoms with E-state index in [0.717, 1.165) is 5.56 Å². The van der Waals surface area contributed by atoms with Gasteiger partial charge >= 0.3 is 12.1 Å². The van der Waals surface area contributed by atoms with Gasteiger partial charge in [-0.15, -0.1) is 0 Å². The Morgan fingerprint density at radius 3 is 2.55 bits per heavy atom. The minimum Gasteiger partial charge on any atom is -0.497 e. The normalized spacial score (nSPS) is 20.6. The van der Waals surface area contributed by atoms with Crippen molar-refractivity contribution >= 4 is 12.1 Å². The summed E-state index contributed by atoms with van der Waals surface area (Å²) in [5.74, 6) is 0.154. The number of carbonyl (C=O) groups is 2. The van der Waals surface area contributed by atoms with Crippen molar-refractivity contribution in [3.05, 3.63) is 29.8 Å². The van der Waals surface area contributed by atoms with Crippen LogP contribution < -0.4 is 4.74 Å². The van der Waals surface area contributed by atoms with Crippen molar-refractivity contribution in [1.82, 2.24) is 4.90 Å². The van der Waals surface area contributed by atoms with Crippen molar-refractivity contribution < 1.29 is 28.9 Å². The standard InChI is InChI=1S/C15H19NO6/c1-20-12-5-3-10(4-6-12)9-22-15(19)16-8-11(17)7-13(16)14(18)21-2/h3-6,11,13,17H,7-9H2,1-2H3/t11?,13-/m0/s1. The lowest BCUT2D eigenvalue weighted by Gasteiger charge is -2.21. The van der Waals surface area contributed by atoms with Gasteiger partial charge in [0.2, 0.25) is 0 Å². The fourth-order valence-corrected chi connectivity index (χ4v) is 2.32. The number of likely N-dealkylation sites (tertiary alicyclic amines) is 1. The van der Waals surface area contributed by atoms with Gasteiger partial charge in [-0.2, -0.15) is 0 Å². The van der Waals surface area contributed by atoms with Crippen molar-refractivity contribution in [2.75, 3.05) is 20.8 Å². The summed E-state index contributed by atoms with van der Waals surface area (Å²) in [4.78, 5) is 24.9. The van der Waals surface area contributed by atoms with E-state index in [-0.39, 0.29) is 19.6 Å². The van der Waals surface area contributed by atoms with Crippen LogP contribution in [-0.2, 0) is 20.9 Å². The third-order valence-corrected chi connectivity index (χ3v) is 3.51. The molecule has 1 aliphatic heterocycles. The maximum absolute atomic E-state index is 12.1. The van der Waals surface area contributed by atoms with Crippen molar-refractivity contribution in [2.24, 2.45) is 0 Å². The third kappa shape index (κ3) is 3.67. The molecule has 22 heavy (non-hydrogen) atoms. The summed E-state index contributed by atoms with van der Waals surface area (Å²) in [6, 6.07) is 6.29. The molecule has 1 aromatic carbocycles. The first-order valence-corrected chi connectivity index (χ1v) is 6.87. The molecule has 1 N–H and O–H groups in total. The SMILES string of the molecule is COC(=O)[C@@H]1CC(O)CN1C(=O)OCc1ccc(OC)cc1. The number of hydrogen-bond donors (Lipinski definition) is 1. The van der Waals surface area contributed by atoms with Crippen LogP contribution >= 0.6 is 0 Å². The first-order valence-electron chi connectivity index (χ1n) is 6.87. The number of β-amino-alcohol motifs (C(OH)–C–C–N with tert-alkyl or cyclic N) is 1. The molecule has 1 amide bonds. The number of methoxy groups -OCH3 is 2. The zero-order valence-corrected chi connectivity index (χ0v) is 12.5.